The molecule has 1 aliphatic heterocycles. The van der Waals surface area contributed by atoms with Crippen molar-refractivity contribution < 1.29 is 0 Å². The van der Waals surface area contributed by atoms with E-state index in [-0.39, 0.29) is 18.1 Å². The first-order valence-electron chi connectivity index (χ1n) is 4.69. The summed E-state index contributed by atoms with van der Waals surface area (Å²) in [4.78, 5) is 2.32. The molecule has 1 aliphatic rings. The fraction of sp³-hybridized carbons (Fsp3) is 1.00. The highest BCUT2D eigenvalue weighted by Gasteiger charge is 2.33. The van der Waals surface area contributed by atoms with Crippen LogP contribution in [0.3, 0.4) is 0 Å². The highest BCUT2D eigenvalue weighted by molar-refractivity contribution is 6.18. The Balaban J connectivity index is 0.00000144. The van der Waals surface area contributed by atoms with E-state index in [4.69, 9.17) is 17.3 Å². The van der Waals surface area contributed by atoms with Crippen LogP contribution >= 0.6 is 24.0 Å². The number of piperidine rings is 1. The number of halogens is 2. The predicted octanol–water partition coefficient (Wildman–Crippen LogP) is 2.20. The molecule has 1 saturated heterocycles. The smallest absolute Gasteiger partial charge is 0.0660 e. The minimum atomic E-state index is -0.132. The van der Waals surface area contributed by atoms with Crippen LogP contribution in [0.4, 0.5) is 0 Å². The molecule has 0 saturated carbocycles. The number of likely N-dealkylation sites (tertiary alicyclic amines) is 1. The van der Waals surface area contributed by atoms with Crippen molar-refractivity contribution in [3.63, 3.8) is 0 Å². The molecular formula is C9H20Cl2N2. The summed E-state index contributed by atoms with van der Waals surface area (Å²) in [6.45, 7) is 5.25. The quantitative estimate of drug-likeness (QED) is 0.733. The molecule has 0 amide bonds. The van der Waals surface area contributed by atoms with Crippen molar-refractivity contribution in [2.45, 2.75) is 44.8 Å². The van der Waals surface area contributed by atoms with Crippen LogP contribution in [0.15, 0.2) is 0 Å². The van der Waals surface area contributed by atoms with Crippen molar-refractivity contribution >= 4 is 24.0 Å². The Hall–Kier alpha value is 0.500. The van der Waals surface area contributed by atoms with E-state index in [0.717, 1.165) is 13.0 Å². The normalized spacial score (nSPS) is 35.5. The Morgan fingerprint density at radius 1 is 1.62 bits per heavy atom. The van der Waals surface area contributed by atoms with Crippen LogP contribution in [-0.2, 0) is 0 Å². The molecule has 4 heteroatoms. The molecule has 0 unspecified atom stereocenters. The Kier molecular flexibility index (Phi) is 5.61. The van der Waals surface area contributed by atoms with Crippen LogP contribution < -0.4 is 5.73 Å². The molecule has 0 aromatic heterocycles. The van der Waals surface area contributed by atoms with Crippen LogP contribution in [0.25, 0.3) is 0 Å². The number of alkyl halides is 1. The van der Waals surface area contributed by atoms with Gasteiger partial charge in [-0.25, -0.2) is 0 Å². The second-order valence-electron chi connectivity index (χ2n) is 3.98. The summed E-state index contributed by atoms with van der Waals surface area (Å²) in [5.74, 6) is 0.678. The summed E-state index contributed by atoms with van der Waals surface area (Å²) in [5, 5.41) is 0. The van der Waals surface area contributed by atoms with Crippen LogP contribution in [0.5, 0.6) is 0 Å². The maximum Gasteiger partial charge on any atom is 0.0660 e. The lowest BCUT2D eigenvalue weighted by atomic mass is 9.93. The monoisotopic (exact) mass is 226 g/mol. The highest BCUT2D eigenvalue weighted by atomic mass is 35.5. The average Bonchev–Trinajstić information content (AvgIpc) is 1.97. The molecule has 13 heavy (non-hydrogen) atoms. The van der Waals surface area contributed by atoms with E-state index < -0.39 is 0 Å². The second kappa shape index (κ2) is 5.40. The Bertz CT molecular complexity index is 151. The third-order valence-electron chi connectivity index (χ3n) is 2.82. The lowest BCUT2D eigenvalue weighted by molar-refractivity contribution is 0.0290. The Labute approximate surface area is 92.2 Å². The minimum Gasteiger partial charge on any atom is -0.313 e. The van der Waals surface area contributed by atoms with Gasteiger partial charge in [-0.2, -0.15) is 0 Å². The Morgan fingerprint density at radius 3 is 2.69 bits per heavy atom. The van der Waals surface area contributed by atoms with Crippen molar-refractivity contribution in [1.29, 1.82) is 0 Å². The number of rotatable bonds is 2. The SMILES string of the molecule is C[C@@H]1CCC[C@@](C)(N)N1CCCl.Cl. The number of nitrogens with zero attached hydrogens (tertiary/aromatic N) is 1. The summed E-state index contributed by atoms with van der Waals surface area (Å²) in [6.07, 6.45) is 3.59. The standard InChI is InChI=1S/C9H19ClN2.ClH/c1-8-4-3-5-9(2,11)12(8)7-6-10;/h8H,3-7,11H2,1-2H3;1H/t8-,9+;/m1./s1. The molecule has 80 valence electrons. The zero-order valence-corrected chi connectivity index (χ0v) is 10.00. The molecule has 0 aliphatic carbocycles. The van der Waals surface area contributed by atoms with Crippen LogP contribution in [0, 0.1) is 0 Å². The van der Waals surface area contributed by atoms with E-state index in [1.165, 1.54) is 12.8 Å². The molecule has 0 aromatic rings. The third kappa shape index (κ3) is 3.28. The van der Waals surface area contributed by atoms with E-state index in [1.54, 1.807) is 0 Å². The number of nitrogens with two attached hydrogens (primary N) is 1. The highest BCUT2D eigenvalue weighted by Crippen LogP contribution is 2.27. The molecule has 2 N–H and O–H groups in total. The van der Waals surface area contributed by atoms with Gasteiger partial charge in [0, 0.05) is 18.5 Å². The van der Waals surface area contributed by atoms with Crippen LogP contribution in [0.1, 0.15) is 33.1 Å². The van der Waals surface area contributed by atoms with Gasteiger partial charge in [0.25, 0.3) is 0 Å². The molecule has 1 rings (SSSR count). The molecule has 0 bridgehead atoms. The van der Waals surface area contributed by atoms with Crippen molar-refractivity contribution in [2.75, 3.05) is 12.4 Å². The van der Waals surface area contributed by atoms with E-state index >= 15 is 0 Å². The largest absolute Gasteiger partial charge is 0.313 e. The molecule has 1 fully saturated rings. The summed E-state index contributed by atoms with van der Waals surface area (Å²) in [7, 11) is 0. The molecule has 0 aromatic carbocycles. The first-order chi connectivity index (χ1) is 5.58. The second-order valence-corrected chi connectivity index (χ2v) is 4.36. The van der Waals surface area contributed by atoms with Gasteiger partial charge in [0.05, 0.1) is 5.66 Å². The summed E-state index contributed by atoms with van der Waals surface area (Å²) in [5.41, 5.74) is 6.03. The zero-order chi connectivity index (χ0) is 9.19. The fourth-order valence-electron chi connectivity index (χ4n) is 2.13. The molecular weight excluding hydrogens is 207 g/mol. The van der Waals surface area contributed by atoms with Gasteiger partial charge in [0.1, 0.15) is 0 Å². The zero-order valence-electron chi connectivity index (χ0n) is 8.42. The molecule has 2 atom stereocenters. The summed E-state index contributed by atoms with van der Waals surface area (Å²) in [6, 6.07) is 0.590. The van der Waals surface area contributed by atoms with Gasteiger partial charge in [-0.3, -0.25) is 4.90 Å². The van der Waals surface area contributed by atoms with Crippen molar-refractivity contribution in [1.82, 2.24) is 4.90 Å². The molecule has 0 radical (unpaired) electrons. The Morgan fingerprint density at radius 2 is 2.23 bits per heavy atom. The first-order valence-corrected chi connectivity index (χ1v) is 5.23. The van der Waals surface area contributed by atoms with Gasteiger partial charge >= 0.3 is 0 Å². The average molecular weight is 227 g/mol. The number of hydrogen-bond donors (Lipinski definition) is 1. The van der Waals surface area contributed by atoms with Gasteiger partial charge < -0.3 is 5.73 Å². The van der Waals surface area contributed by atoms with Gasteiger partial charge in [-0.05, 0) is 33.1 Å². The van der Waals surface area contributed by atoms with E-state index in [2.05, 4.69) is 18.7 Å². The van der Waals surface area contributed by atoms with Gasteiger partial charge in [-0.1, -0.05) is 0 Å². The summed E-state index contributed by atoms with van der Waals surface area (Å²) < 4.78 is 0. The van der Waals surface area contributed by atoms with Gasteiger partial charge in [-0.15, -0.1) is 24.0 Å². The van der Waals surface area contributed by atoms with E-state index in [9.17, 15) is 0 Å². The van der Waals surface area contributed by atoms with Gasteiger partial charge in [0.15, 0.2) is 0 Å². The van der Waals surface area contributed by atoms with Crippen molar-refractivity contribution in [3.8, 4) is 0 Å². The predicted molar refractivity (Wildman–Crippen MR) is 60.6 cm³/mol. The van der Waals surface area contributed by atoms with Crippen molar-refractivity contribution in [3.05, 3.63) is 0 Å². The lowest BCUT2D eigenvalue weighted by Crippen LogP contribution is -2.60. The summed E-state index contributed by atoms with van der Waals surface area (Å²) >= 11 is 5.73. The molecule has 2 nitrogen and oxygen atoms in total. The third-order valence-corrected chi connectivity index (χ3v) is 2.99. The maximum atomic E-state index is 6.17. The lowest BCUT2D eigenvalue weighted by Gasteiger charge is -2.46. The topological polar surface area (TPSA) is 29.3 Å². The molecule has 1 heterocycles. The molecule has 0 spiro atoms. The fourth-order valence-corrected chi connectivity index (χ4v) is 2.31. The van der Waals surface area contributed by atoms with Gasteiger partial charge in [0.2, 0.25) is 0 Å². The minimum absolute atomic E-state index is 0. The van der Waals surface area contributed by atoms with Crippen LogP contribution in [0.2, 0.25) is 0 Å². The van der Waals surface area contributed by atoms with E-state index in [0.29, 0.717) is 11.9 Å². The first kappa shape index (κ1) is 13.5. The number of hydrogen-bond acceptors (Lipinski definition) is 2. The van der Waals surface area contributed by atoms with E-state index in [1.807, 2.05) is 0 Å². The maximum absolute atomic E-state index is 6.17. The van der Waals surface area contributed by atoms with Crippen LogP contribution in [-0.4, -0.2) is 29.0 Å². The van der Waals surface area contributed by atoms with Crippen molar-refractivity contribution in [2.24, 2.45) is 5.73 Å².